The Balaban J connectivity index is 2.03. The van der Waals surface area contributed by atoms with Gasteiger partial charge in [0.15, 0.2) is 0 Å². The number of benzene rings is 2. The number of carbonyl (C=O) groups excluding carboxylic acids is 1. The van der Waals surface area contributed by atoms with E-state index in [1.807, 2.05) is 0 Å². The minimum absolute atomic E-state index is 0.0102. The van der Waals surface area contributed by atoms with Crippen molar-refractivity contribution in [1.29, 1.82) is 0 Å². The molecule has 0 aliphatic carbocycles. The number of hydrogen-bond donors (Lipinski definition) is 3. The van der Waals surface area contributed by atoms with E-state index < -0.39 is 21.9 Å². The van der Waals surface area contributed by atoms with Gasteiger partial charge < -0.3 is 10.6 Å². The van der Waals surface area contributed by atoms with Crippen LogP contribution in [-0.4, -0.2) is 26.1 Å². The average Bonchev–Trinajstić information content (AvgIpc) is 2.57. The van der Waals surface area contributed by atoms with Crippen molar-refractivity contribution in [3.63, 3.8) is 0 Å². The highest BCUT2D eigenvalue weighted by Gasteiger charge is 2.14. The molecule has 0 bridgehead atoms. The Morgan fingerprint density at radius 1 is 1.15 bits per heavy atom. The second-order valence-corrected chi connectivity index (χ2v) is 7.91. The molecule has 1 amide bonds. The van der Waals surface area contributed by atoms with Crippen LogP contribution in [0.1, 0.15) is 19.4 Å². The second kappa shape index (κ2) is 8.18. The third-order valence-corrected chi connectivity index (χ3v) is 5.03. The maximum Gasteiger partial charge on any atom is 0.246 e. The number of hydrogen-bond acceptors (Lipinski definition) is 4. The Bertz CT molecular complexity index is 900. The number of halogens is 1. The SMILES string of the molecule is CCS(=O)(=O)Nc1ccc(N[C@H](C)C(=O)Nc2cccc(F)c2)cc1C. The van der Waals surface area contributed by atoms with Gasteiger partial charge in [0.1, 0.15) is 11.9 Å². The van der Waals surface area contributed by atoms with Gasteiger partial charge in [-0.15, -0.1) is 0 Å². The minimum atomic E-state index is -3.35. The van der Waals surface area contributed by atoms with E-state index >= 15 is 0 Å². The van der Waals surface area contributed by atoms with E-state index in [0.717, 1.165) is 5.56 Å². The number of sulfonamides is 1. The average molecular weight is 379 g/mol. The Kier molecular flexibility index (Phi) is 6.20. The highest BCUT2D eigenvalue weighted by atomic mass is 32.2. The molecule has 0 saturated heterocycles. The third-order valence-electron chi connectivity index (χ3n) is 3.74. The molecule has 3 N–H and O–H groups in total. The molecule has 140 valence electrons. The molecule has 0 radical (unpaired) electrons. The predicted molar refractivity (Wildman–Crippen MR) is 102 cm³/mol. The first-order valence-corrected chi connectivity index (χ1v) is 9.79. The molecule has 0 heterocycles. The van der Waals surface area contributed by atoms with Crippen LogP contribution in [0.3, 0.4) is 0 Å². The number of nitrogens with one attached hydrogen (secondary N) is 3. The van der Waals surface area contributed by atoms with E-state index in [4.69, 9.17) is 0 Å². The van der Waals surface area contributed by atoms with E-state index in [9.17, 15) is 17.6 Å². The smallest absolute Gasteiger partial charge is 0.246 e. The van der Waals surface area contributed by atoms with E-state index in [1.54, 1.807) is 45.0 Å². The van der Waals surface area contributed by atoms with Crippen LogP contribution in [0.25, 0.3) is 0 Å². The van der Waals surface area contributed by atoms with Gasteiger partial charge in [0.05, 0.1) is 11.4 Å². The molecular weight excluding hydrogens is 357 g/mol. The van der Waals surface area contributed by atoms with Crippen molar-refractivity contribution < 1.29 is 17.6 Å². The molecule has 1 atom stereocenters. The lowest BCUT2D eigenvalue weighted by Crippen LogP contribution is -2.31. The van der Waals surface area contributed by atoms with E-state index in [1.165, 1.54) is 18.2 Å². The normalized spacial score (nSPS) is 12.3. The second-order valence-electron chi connectivity index (χ2n) is 5.90. The zero-order valence-corrected chi connectivity index (χ0v) is 15.7. The zero-order valence-electron chi connectivity index (χ0n) is 14.8. The summed E-state index contributed by atoms with van der Waals surface area (Å²) < 4.78 is 39.0. The molecule has 2 aromatic carbocycles. The van der Waals surface area contributed by atoms with Gasteiger partial charge in [-0.3, -0.25) is 9.52 Å². The summed E-state index contributed by atoms with van der Waals surface area (Å²) in [6, 6.07) is 10.2. The van der Waals surface area contributed by atoms with Gasteiger partial charge in [-0.2, -0.15) is 0 Å². The van der Waals surface area contributed by atoms with E-state index in [-0.39, 0.29) is 11.7 Å². The van der Waals surface area contributed by atoms with Crippen molar-refractivity contribution in [3.8, 4) is 0 Å². The molecule has 2 rings (SSSR count). The maximum atomic E-state index is 13.2. The largest absolute Gasteiger partial charge is 0.374 e. The highest BCUT2D eigenvalue weighted by Crippen LogP contribution is 2.21. The Hall–Kier alpha value is -2.61. The molecule has 0 unspecified atom stereocenters. The van der Waals surface area contributed by atoms with Crippen molar-refractivity contribution >= 4 is 33.0 Å². The van der Waals surface area contributed by atoms with Crippen LogP contribution in [0.2, 0.25) is 0 Å². The van der Waals surface area contributed by atoms with Crippen LogP contribution in [-0.2, 0) is 14.8 Å². The monoisotopic (exact) mass is 379 g/mol. The van der Waals surface area contributed by atoms with Gasteiger partial charge >= 0.3 is 0 Å². The Morgan fingerprint density at radius 2 is 1.88 bits per heavy atom. The summed E-state index contributed by atoms with van der Waals surface area (Å²) in [7, 11) is -3.35. The van der Waals surface area contributed by atoms with E-state index in [0.29, 0.717) is 17.1 Å². The standard InChI is InChI=1S/C18H22FN3O3S/c1-4-26(24,25)22-17-9-8-16(10-12(17)2)20-13(3)18(23)21-15-7-5-6-14(19)11-15/h5-11,13,20,22H,4H2,1-3H3,(H,21,23)/t13-/m1/s1. The third kappa shape index (κ3) is 5.45. The quantitative estimate of drug-likeness (QED) is 0.689. The molecule has 0 aromatic heterocycles. The number of aryl methyl sites for hydroxylation is 1. The summed E-state index contributed by atoms with van der Waals surface area (Å²) >= 11 is 0. The molecule has 8 heteroatoms. The fourth-order valence-electron chi connectivity index (χ4n) is 2.24. The van der Waals surface area contributed by atoms with Crippen LogP contribution in [0, 0.1) is 12.7 Å². The highest BCUT2D eigenvalue weighted by molar-refractivity contribution is 7.92. The molecule has 0 saturated carbocycles. The first-order valence-electron chi connectivity index (χ1n) is 8.14. The van der Waals surface area contributed by atoms with Crippen LogP contribution in [0.5, 0.6) is 0 Å². The van der Waals surface area contributed by atoms with Gasteiger partial charge in [-0.1, -0.05) is 6.07 Å². The van der Waals surface area contributed by atoms with E-state index in [2.05, 4.69) is 15.4 Å². The number of carbonyl (C=O) groups is 1. The number of amides is 1. The van der Waals surface area contributed by atoms with Crippen LogP contribution in [0.4, 0.5) is 21.5 Å². The number of rotatable bonds is 7. The van der Waals surface area contributed by atoms with Crippen LogP contribution >= 0.6 is 0 Å². The Labute approximate surface area is 152 Å². The first kappa shape index (κ1) is 19.7. The van der Waals surface area contributed by atoms with Gasteiger partial charge in [0.25, 0.3) is 0 Å². The summed E-state index contributed by atoms with van der Waals surface area (Å²) in [6.45, 7) is 5.01. The summed E-state index contributed by atoms with van der Waals surface area (Å²) in [4.78, 5) is 12.2. The maximum absolute atomic E-state index is 13.2. The van der Waals surface area contributed by atoms with Crippen molar-refractivity contribution in [2.24, 2.45) is 0 Å². The van der Waals surface area contributed by atoms with Crippen molar-refractivity contribution in [3.05, 3.63) is 53.8 Å². The zero-order chi connectivity index (χ0) is 19.3. The topological polar surface area (TPSA) is 87.3 Å². The van der Waals surface area contributed by atoms with Gasteiger partial charge in [0, 0.05) is 11.4 Å². The fraction of sp³-hybridized carbons (Fsp3) is 0.278. The molecule has 0 spiro atoms. The lowest BCUT2D eigenvalue weighted by molar-refractivity contribution is -0.116. The summed E-state index contributed by atoms with van der Waals surface area (Å²) in [5.74, 6) is -0.753. The summed E-state index contributed by atoms with van der Waals surface area (Å²) in [5.41, 5.74) is 2.27. The lowest BCUT2D eigenvalue weighted by Gasteiger charge is -2.17. The molecule has 0 aliphatic rings. The molecule has 6 nitrogen and oxygen atoms in total. The van der Waals surface area contributed by atoms with Gasteiger partial charge in [-0.05, 0) is 62.7 Å². The molecular formula is C18H22FN3O3S. The van der Waals surface area contributed by atoms with Crippen molar-refractivity contribution in [1.82, 2.24) is 0 Å². The van der Waals surface area contributed by atoms with Gasteiger partial charge in [-0.25, -0.2) is 12.8 Å². The molecule has 0 aliphatic heterocycles. The molecule has 2 aromatic rings. The minimum Gasteiger partial charge on any atom is -0.374 e. The Morgan fingerprint density at radius 3 is 2.50 bits per heavy atom. The van der Waals surface area contributed by atoms with Crippen LogP contribution in [0.15, 0.2) is 42.5 Å². The fourth-order valence-corrected chi connectivity index (χ4v) is 2.95. The predicted octanol–water partition coefficient (Wildman–Crippen LogP) is 3.33. The van der Waals surface area contributed by atoms with Gasteiger partial charge in [0.2, 0.25) is 15.9 Å². The molecule has 26 heavy (non-hydrogen) atoms. The molecule has 0 fully saturated rings. The lowest BCUT2D eigenvalue weighted by atomic mass is 10.1. The van der Waals surface area contributed by atoms with Crippen molar-refractivity contribution in [2.45, 2.75) is 26.8 Å². The number of anilines is 3. The van der Waals surface area contributed by atoms with Crippen molar-refractivity contribution in [2.75, 3.05) is 21.1 Å². The summed E-state index contributed by atoms with van der Waals surface area (Å²) in [6.07, 6.45) is 0. The first-order chi connectivity index (χ1) is 12.2. The summed E-state index contributed by atoms with van der Waals surface area (Å²) in [5, 5.41) is 5.67. The van der Waals surface area contributed by atoms with Crippen LogP contribution < -0.4 is 15.4 Å².